The molecule has 4 rings (SSSR count). The highest BCUT2D eigenvalue weighted by Gasteiger charge is 2.13. The van der Waals surface area contributed by atoms with Crippen LogP contribution >= 0.6 is 0 Å². The number of aromatic nitrogens is 5. The Morgan fingerprint density at radius 2 is 1.92 bits per heavy atom. The summed E-state index contributed by atoms with van der Waals surface area (Å²) in [4.78, 5) is 16.7. The van der Waals surface area contributed by atoms with Gasteiger partial charge in [-0.15, -0.1) is 5.10 Å². The normalized spacial score (nSPS) is 11.5. The molecule has 0 aliphatic rings. The molecule has 0 amide bonds. The molecule has 0 fully saturated rings. The minimum atomic E-state index is -0.239. The number of hydrogen-bond acceptors (Lipinski definition) is 5. The molecule has 0 aliphatic heterocycles. The zero-order valence-corrected chi connectivity index (χ0v) is 14.0. The van der Waals surface area contributed by atoms with Gasteiger partial charge in [-0.2, -0.15) is 4.98 Å². The van der Waals surface area contributed by atoms with E-state index in [2.05, 4.69) is 41.2 Å². The molecule has 0 radical (unpaired) electrons. The maximum atomic E-state index is 12.3. The number of hydrogen-bond donors (Lipinski definition) is 0. The first-order valence-corrected chi connectivity index (χ1v) is 8.09. The molecule has 25 heavy (non-hydrogen) atoms. The fourth-order valence-corrected chi connectivity index (χ4v) is 2.65. The Labute approximate surface area is 143 Å². The Morgan fingerprint density at radius 1 is 1.12 bits per heavy atom. The highest BCUT2D eigenvalue weighted by atomic mass is 16.5. The van der Waals surface area contributed by atoms with Gasteiger partial charge in [-0.25, -0.2) is 9.48 Å². The van der Waals surface area contributed by atoms with E-state index >= 15 is 0 Å². The Kier molecular flexibility index (Phi) is 3.68. The first kappa shape index (κ1) is 15.3. The zero-order valence-electron chi connectivity index (χ0n) is 14.0. The van der Waals surface area contributed by atoms with Crippen molar-refractivity contribution in [1.29, 1.82) is 0 Å². The van der Waals surface area contributed by atoms with Gasteiger partial charge in [0.2, 0.25) is 11.7 Å². The van der Waals surface area contributed by atoms with Crippen LogP contribution in [0.2, 0.25) is 0 Å². The third-order valence-electron chi connectivity index (χ3n) is 4.08. The summed E-state index contributed by atoms with van der Waals surface area (Å²) in [7, 11) is 0. The van der Waals surface area contributed by atoms with Crippen molar-refractivity contribution in [2.24, 2.45) is 0 Å². The Morgan fingerprint density at radius 3 is 2.64 bits per heavy atom. The number of pyridine rings is 1. The Bertz CT molecular complexity index is 1070. The molecule has 3 aromatic heterocycles. The summed E-state index contributed by atoms with van der Waals surface area (Å²) in [5.74, 6) is 1.31. The molecule has 0 N–H and O–H groups in total. The molecule has 0 unspecified atom stereocenters. The fourth-order valence-electron chi connectivity index (χ4n) is 2.65. The molecule has 0 saturated carbocycles. The number of fused-ring (bicyclic) bond motifs is 1. The van der Waals surface area contributed by atoms with E-state index in [0.717, 1.165) is 5.56 Å². The summed E-state index contributed by atoms with van der Waals surface area (Å²) < 4.78 is 8.07. The van der Waals surface area contributed by atoms with Crippen LogP contribution in [0.15, 0.2) is 58.0 Å². The van der Waals surface area contributed by atoms with E-state index in [1.54, 1.807) is 18.3 Å². The molecular weight excluding hydrogens is 318 g/mol. The van der Waals surface area contributed by atoms with Crippen molar-refractivity contribution in [2.75, 3.05) is 0 Å². The molecule has 7 heteroatoms. The quantitative estimate of drug-likeness (QED) is 0.573. The van der Waals surface area contributed by atoms with Crippen molar-refractivity contribution in [3.63, 3.8) is 0 Å². The average molecular weight is 335 g/mol. The van der Waals surface area contributed by atoms with Crippen LogP contribution in [0.25, 0.3) is 17.0 Å². The highest BCUT2D eigenvalue weighted by molar-refractivity contribution is 5.54. The lowest BCUT2D eigenvalue weighted by atomic mass is 10.0. The third kappa shape index (κ3) is 2.84. The molecule has 0 aliphatic carbocycles. The van der Waals surface area contributed by atoms with Gasteiger partial charge in [0.1, 0.15) is 6.54 Å². The lowest BCUT2D eigenvalue weighted by Crippen LogP contribution is -2.21. The van der Waals surface area contributed by atoms with Gasteiger partial charge in [-0.05, 0) is 23.6 Å². The van der Waals surface area contributed by atoms with Gasteiger partial charge < -0.3 is 4.52 Å². The predicted molar refractivity (Wildman–Crippen MR) is 92.4 cm³/mol. The summed E-state index contributed by atoms with van der Waals surface area (Å²) in [5, 5.41) is 8.26. The van der Waals surface area contributed by atoms with E-state index in [4.69, 9.17) is 4.52 Å². The maximum absolute atomic E-state index is 12.3. The molecule has 3 heterocycles. The van der Waals surface area contributed by atoms with Gasteiger partial charge in [-0.3, -0.25) is 4.40 Å². The van der Waals surface area contributed by atoms with Crippen LogP contribution in [-0.2, 0) is 6.54 Å². The van der Waals surface area contributed by atoms with Gasteiger partial charge in [0.15, 0.2) is 5.65 Å². The summed E-state index contributed by atoms with van der Waals surface area (Å²) in [6, 6.07) is 13.4. The van der Waals surface area contributed by atoms with Crippen molar-refractivity contribution < 1.29 is 4.52 Å². The van der Waals surface area contributed by atoms with Crippen LogP contribution in [0.1, 0.15) is 31.2 Å². The van der Waals surface area contributed by atoms with Crippen molar-refractivity contribution in [3.8, 4) is 11.4 Å². The SMILES string of the molecule is CC(C)c1ccc(-c2noc(Cn3nc4ccccn4c3=O)n2)cc1. The van der Waals surface area contributed by atoms with Gasteiger partial charge in [0.25, 0.3) is 0 Å². The van der Waals surface area contributed by atoms with Crippen LogP contribution in [-0.4, -0.2) is 24.3 Å². The topological polar surface area (TPSA) is 78.2 Å². The first-order valence-electron chi connectivity index (χ1n) is 8.09. The second kappa shape index (κ2) is 6.01. The molecule has 0 saturated heterocycles. The molecule has 1 aromatic carbocycles. The predicted octanol–water partition coefficient (Wildman–Crippen LogP) is 2.72. The van der Waals surface area contributed by atoms with E-state index in [1.807, 2.05) is 18.2 Å². The largest absolute Gasteiger partial charge is 0.350 e. The molecule has 0 atom stereocenters. The summed E-state index contributed by atoms with van der Waals surface area (Å²) >= 11 is 0. The minimum absolute atomic E-state index is 0.136. The summed E-state index contributed by atoms with van der Waals surface area (Å²) in [5.41, 5.74) is 2.47. The second-order valence-corrected chi connectivity index (χ2v) is 6.16. The first-order chi connectivity index (χ1) is 12.1. The smallest absolute Gasteiger partial charge is 0.337 e. The average Bonchev–Trinajstić information content (AvgIpc) is 3.21. The number of rotatable bonds is 4. The lowest BCUT2D eigenvalue weighted by molar-refractivity contribution is 0.364. The Balaban J connectivity index is 1.60. The van der Waals surface area contributed by atoms with Crippen LogP contribution in [0.3, 0.4) is 0 Å². The molecule has 4 aromatic rings. The van der Waals surface area contributed by atoms with Crippen molar-refractivity contribution in [2.45, 2.75) is 26.3 Å². The highest BCUT2D eigenvalue weighted by Crippen LogP contribution is 2.20. The molecule has 0 spiro atoms. The monoisotopic (exact) mass is 335 g/mol. The van der Waals surface area contributed by atoms with Crippen LogP contribution in [0, 0.1) is 0 Å². The standard InChI is InChI=1S/C18H17N5O2/c1-12(2)13-6-8-14(9-7-13)17-19-16(25-21-17)11-23-18(24)22-10-4-3-5-15(22)20-23/h3-10,12H,11H2,1-2H3. The fraction of sp³-hybridized carbons (Fsp3) is 0.222. The van der Waals surface area contributed by atoms with Gasteiger partial charge in [0, 0.05) is 11.8 Å². The Hall–Kier alpha value is -3.22. The van der Waals surface area contributed by atoms with Gasteiger partial charge in [-0.1, -0.05) is 49.3 Å². The van der Waals surface area contributed by atoms with Crippen molar-refractivity contribution >= 4 is 5.65 Å². The van der Waals surface area contributed by atoms with E-state index in [9.17, 15) is 4.79 Å². The van der Waals surface area contributed by atoms with E-state index in [1.165, 1.54) is 14.6 Å². The second-order valence-electron chi connectivity index (χ2n) is 6.16. The van der Waals surface area contributed by atoms with Gasteiger partial charge >= 0.3 is 5.69 Å². The van der Waals surface area contributed by atoms with E-state index in [-0.39, 0.29) is 12.2 Å². The van der Waals surface area contributed by atoms with Crippen molar-refractivity contribution in [3.05, 3.63) is 70.6 Å². The van der Waals surface area contributed by atoms with E-state index in [0.29, 0.717) is 23.3 Å². The van der Waals surface area contributed by atoms with Crippen LogP contribution in [0.4, 0.5) is 0 Å². The summed E-state index contributed by atoms with van der Waals surface area (Å²) in [6.07, 6.45) is 1.68. The minimum Gasteiger partial charge on any atom is -0.337 e. The summed E-state index contributed by atoms with van der Waals surface area (Å²) in [6.45, 7) is 4.43. The van der Waals surface area contributed by atoms with Gasteiger partial charge in [0.05, 0.1) is 0 Å². The zero-order chi connectivity index (χ0) is 17.4. The van der Waals surface area contributed by atoms with E-state index < -0.39 is 0 Å². The number of benzene rings is 1. The molecule has 0 bridgehead atoms. The maximum Gasteiger partial charge on any atom is 0.350 e. The molecule has 126 valence electrons. The third-order valence-corrected chi connectivity index (χ3v) is 4.08. The molecular formula is C18H17N5O2. The number of nitrogens with zero attached hydrogens (tertiary/aromatic N) is 5. The van der Waals surface area contributed by atoms with Crippen molar-refractivity contribution in [1.82, 2.24) is 24.3 Å². The van der Waals surface area contributed by atoms with Crippen LogP contribution < -0.4 is 5.69 Å². The molecule has 7 nitrogen and oxygen atoms in total. The lowest BCUT2D eigenvalue weighted by Gasteiger charge is -2.04. The van der Waals surface area contributed by atoms with Crippen LogP contribution in [0.5, 0.6) is 0 Å².